The number of hydrogen-bond donors (Lipinski definition) is 1. The summed E-state index contributed by atoms with van der Waals surface area (Å²) >= 11 is 0. The molecule has 0 unspecified atom stereocenters. The highest BCUT2D eigenvalue weighted by atomic mass is 15.1. The van der Waals surface area contributed by atoms with E-state index in [0.29, 0.717) is 0 Å². The SMILES string of the molecule is CN(C)Cc1ccc(CN(C)C)[nH]1. The van der Waals surface area contributed by atoms with E-state index in [1.165, 1.54) is 11.4 Å². The molecule has 0 aliphatic heterocycles. The Labute approximate surface area is 80.3 Å². The van der Waals surface area contributed by atoms with Crippen molar-refractivity contribution >= 4 is 0 Å². The largest absolute Gasteiger partial charge is 0.360 e. The van der Waals surface area contributed by atoms with Crippen LogP contribution in [0.2, 0.25) is 0 Å². The van der Waals surface area contributed by atoms with Crippen molar-refractivity contribution in [2.24, 2.45) is 0 Å². The van der Waals surface area contributed by atoms with E-state index in [9.17, 15) is 0 Å². The van der Waals surface area contributed by atoms with Crippen molar-refractivity contribution in [3.05, 3.63) is 23.5 Å². The van der Waals surface area contributed by atoms with Crippen LogP contribution in [0, 0.1) is 0 Å². The lowest BCUT2D eigenvalue weighted by molar-refractivity contribution is 0.388. The van der Waals surface area contributed by atoms with Crippen molar-refractivity contribution < 1.29 is 0 Å². The Bertz CT molecular complexity index is 226. The first-order chi connectivity index (χ1) is 6.08. The molecule has 0 saturated heterocycles. The van der Waals surface area contributed by atoms with Crippen molar-refractivity contribution in [2.75, 3.05) is 28.2 Å². The number of aromatic nitrogens is 1. The normalized spacial score (nSPS) is 11.5. The molecule has 0 saturated carbocycles. The molecule has 13 heavy (non-hydrogen) atoms. The number of hydrogen-bond acceptors (Lipinski definition) is 2. The minimum absolute atomic E-state index is 0.980. The number of aromatic amines is 1. The molecule has 0 radical (unpaired) electrons. The zero-order valence-electron chi connectivity index (χ0n) is 8.96. The Morgan fingerprint density at radius 2 is 1.31 bits per heavy atom. The summed E-state index contributed by atoms with van der Waals surface area (Å²) in [5, 5.41) is 0. The molecule has 3 nitrogen and oxygen atoms in total. The van der Waals surface area contributed by atoms with E-state index >= 15 is 0 Å². The first-order valence-corrected chi connectivity index (χ1v) is 4.54. The molecule has 1 rings (SSSR count). The number of nitrogens with zero attached hydrogens (tertiary/aromatic N) is 2. The number of rotatable bonds is 4. The summed E-state index contributed by atoms with van der Waals surface area (Å²) in [4.78, 5) is 7.71. The highest BCUT2D eigenvalue weighted by Crippen LogP contribution is 2.05. The van der Waals surface area contributed by atoms with Gasteiger partial charge in [-0.1, -0.05) is 0 Å². The van der Waals surface area contributed by atoms with Gasteiger partial charge in [0.25, 0.3) is 0 Å². The maximum Gasteiger partial charge on any atom is 0.0379 e. The fourth-order valence-corrected chi connectivity index (χ4v) is 1.36. The first kappa shape index (κ1) is 10.3. The van der Waals surface area contributed by atoms with E-state index in [0.717, 1.165) is 13.1 Å². The topological polar surface area (TPSA) is 22.3 Å². The van der Waals surface area contributed by atoms with Crippen LogP contribution in [0.3, 0.4) is 0 Å². The zero-order chi connectivity index (χ0) is 9.84. The Morgan fingerprint density at radius 3 is 1.62 bits per heavy atom. The van der Waals surface area contributed by atoms with Crippen LogP contribution in [0.1, 0.15) is 11.4 Å². The van der Waals surface area contributed by atoms with Gasteiger partial charge in [-0.3, -0.25) is 0 Å². The van der Waals surface area contributed by atoms with Crippen LogP contribution in [0.15, 0.2) is 12.1 Å². The average Bonchev–Trinajstić information content (AvgIpc) is 2.33. The van der Waals surface area contributed by atoms with Crippen LogP contribution >= 0.6 is 0 Å². The van der Waals surface area contributed by atoms with E-state index in [2.05, 4.69) is 55.1 Å². The molecule has 0 aliphatic rings. The minimum Gasteiger partial charge on any atom is -0.360 e. The summed E-state index contributed by atoms with van der Waals surface area (Å²) in [6.45, 7) is 1.96. The van der Waals surface area contributed by atoms with Gasteiger partial charge in [-0.05, 0) is 40.3 Å². The van der Waals surface area contributed by atoms with Crippen LogP contribution in [0.5, 0.6) is 0 Å². The van der Waals surface area contributed by atoms with Crippen molar-refractivity contribution in [1.29, 1.82) is 0 Å². The van der Waals surface area contributed by atoms with Crippen LogP contribution in [-0.4, -0.2) is 43.0 Å². The molecule has 1 aromatic rings. The summed E-state index contributed by atoms with van der Waals surface area (Å²) in [6, 6.07) is 4.30. The van der Waals surface area contributed by atoms with E-state index in [1.54, 1.807) is 0 Å². The van der Waals surface area contributed by atoms with Gasteiger partial charge in [0.15, 0.2) is 0 Å². The summed E-state index contributed by atoms with van der Waals surface area (Å²) in [6.07, 6.45) is 0. The molecule has 0 bridgehead atoms. The second-order valence-electron chi connectivity index (χ2n) is 3.98. The van der Waals surface area contributed by atoms with Gasteiger partial charge >= 0.3 is 0 Å². The third-order valence-corrected chi connectivity index (χ3v) is 1.78. The Morgan fingerprint density at radius 1 is 0.923 bits per heavy atom. The molecule has 74 valence electrons. The third-order valence-electron chi connectivity index (χ3n) is 1.78. The van der Waals surface area contributed by atoms with Crippen LogP contribution in [0.4, 0.5) is 0 Å². The van der Waals surface area contributed by atoms with Gasteiger partial charge in [-0.25, -0.2) is 0 Å². The van der Waals surface area contributed by atoms with Crippen molar-refractivity contribution in [3.8, 4) is 0 Å². The van der Waals surface area contributed by atoms with Crippen molar-refractivity contribution in [3.63, 3.8) is 0 Å². The molecular formula is C10H19N3. The van der Waals surface area contributed by atoms with E-state index in [-0.39, 0.29) is 0 Å². The molecule has 1 N–H and O–H groups in total. The number of nitrogens with one attached hydrogen (secondary N) is 1. The van der Waals surface area contributed by atoms with E-state index in [1.807, 2.05) is 0 Å². The second kappa shape index (κ2) is 4.44. The lowest BCUT2D eigenvalue weighted by Crippen LogP contribution is -2.12. The van der Waals surface area contributed by atoms with Crippen LogP contribution < -0.4 is 0 Å². The molecule has 0 spiro atoms. The van der Waals surface area contributed by atoms with Gasteiger partial charge in [-0.15, -0.1) is 0 Å². The zero-order valence-corrected chi connectivity index (χ0v) is 8.96. The monoisotopic (exact) mass is 181 g/mol. The molecule has 0 aliphatic carbocycles. The molecule has 1 aromatic heterocycles. The summed E-state index contributed by atoms with van der Waals surface area (Å²) in [5.74, 6) is 0. The van der Waals surface area contributed by atoms with Crippen LogP contribution in [0.25, 0.3) is 0 Å². The smallest absolute Gasteiger partial charge is 0.0379 e. The van der Waals surface area contributed by atoms with Crippen LogP contribution in [-0.2, 0) is 13.1 Å². The number of H-pyrrole nitrogens is 1. The molecule has 3 heteroatoms. The molecule has 0 atom stereocenters. The Kier molecular flexibility index (Phi) is 3.51. The maximum atomic E-state index is 3.39. The minimum atomic E-state index is 0.980. The summed E-state index contributed by atoms with van der Waals surface area (Å²) < 4.78 is 0. The quantitative estimate of drug-likeness (QED) is 0.752. The van der Waals surface area contributed by atoms with E-state index < -0.39 is 0 Å². The van der Waals surface area contributed by atoms with E-state index in [4.69, 9.17) is 0 Å². The fourth-order valence-electron chi connectivity index (χ4n) is 1.36. The lowest BCUT2D eigenvalue weighted by atomic mass is 10.4. The van der Waals surface area contributed by atoms with Gasteiger partial charge in [0.05, 0.1) is 0 Å². The molecule has 0 aromatic carbocycles. The fraction of sp³-hybridized carbons (Fsp3) is 0.600. The molecule has 0 fully saturated rings. The summed E-state index contributed by atoms with van der Waals surface area (Å²) in [5.41, 5.74) is 2.56. The Hall–Kier alpha value is -0.800. The summed E-state index contributed by atoms with van der Waals surface area (Å²) in [7, 11) is 8.30. The predicted octanol–water partition coefficient (Wildman–Crippen LogP) is 1.14. The van der Waals surface area contributed by atoms with Crippen molar-refractivity contribution in [1.82, 2.24) is 14.8 Å². The van der Waals surface area contributed by atoms with Gasteiger partial charge < -0.3 is 14.8 Å². The van der Waals surface area contributed by atoms with Gasteiger partial charge in [0.2, 0.25) is 0 Å². The third kappa shape index (κ3) is 3.61. The predicted molar refractivity (Wildman–Crippen MR) is 55.6 cm³/mol. The van der Waals surface area contributed by atoms with Gasteiger partial charge in [0.1, 0.15) is 0 Å². The standard InChI is InChI=1S/C10H19N3/c1-12(2)7-9-5-6-10(11-9)8-13(3)4/h5-6,11H,7-8H2,1-4H3. The molecular weight excluding hydrogens is 162 g/mol. The highest BCUT2D eigenvalue weighted by Gasteiger charge is 2.00. The Balaban J connectivity index is 2.53. The first-order valence-electron chi connectivity index (χ1n) is 4.54. The maximum absolute atomic E-state index is 3.39. The lowest BCUT2D eigenvalue weighted by Gasteiger charge is -2.08. The highest BCUT2D eigenvalue weighted by molar-refractivity contribution is 5.12. The second-order valence-corrected chi connectivity index (χ2v) is 3.98. The molecule has 1 heterocycles. The van der Waals surface area contributed by atoms with Gasteiger partial charge in [0, 0.05) is 24.5 Å². The van der Waals surface area contributed by atoms with Crippen molar-refractivity contribution in [2.45, 2.75) is 13.1 Å². The van der Waals surface area contributed by atoms with Gasteiger partial charge in [-0.2, -0.15) is 0 Å². The molecule has 0 amide bonds. The average molecular weight is 181 g/mol.